The molecule has 0 fully saturated rings. The second-order valence-electron chi connectivity index (χ2n) is 5.92. The van der Waals surface area contributed by atoms with Gasteiger partial charge in [0.25, 0.3) is 0 Å². The molecular weight excluding hydrogens is 352 g/mol. The first-order chi connectivity index (χ1) is 13.1. The highest BCUT2D eigenvalue weighted by molar-refractivity contribution is 5.91. The quantitative estimate of drug-likeness (QED) is 0.777. The Labute approximate surface area is 156 Å². The molecule has 0 unspecified atom stereocenters. The molecule has 9 nitrogen and oxygen atoms in total. The van der Waals surface area contributed by atoms with E-state index in [1.54, 1.807) is 37.1 Å². The summed E-state index contributed by atoms with van der Waals surface area (Å²) >= 11 is 0. The molecule has 2 heterocycles. The number of rotatable bonds is 5. The number of aromatic nitrogens is 2. The number of nitrogens with one attached hydrogen (secondary N) is 2. The summed E-state index contributed by atoms with van der Waals surface area (Å²) < 4.78 is 15.5. The van der Waals surface area contributed by atoms with Gasteiger partial charge in [0.15, 0.2) is 17.2 Å². The lowest BCUT2D eigenvalue weighted by molar-refractivity contribution is 0.0517. The van der Waals surface area contributed by atoms with Gasteiger partial charge in [0, 0.05) is 36.0 Å². The van der Waals surface area contributed by atoms with Gasteiger partial charge in [0.1, 0.15) is 0 Å². The molecule has 0 saturated heterocycles. The highest BCUT2D eigenvalue weighted by atomic mass is 16.5. The fraction of sp³-hybridized carbons (Fsp3) is 0.389. The smallest absolute Gasteiger partial charge is 0.359 e. The summed E-state index contributed by atoms with van der Waals surface area (Å²) in [5, 5.41) is 9.75. The SMILES string of the molecule is CCOC(=O)c1n[nH]c2c1CN(C(=O)Nc1ccc(OC)c(OC)c1)CC2. The number of anilines is 1. The van der Waals surface area contributed by atoms with E-state index in [-0.39, 0.29) is 24.9 Å². The molecule has 1 aromatic carbocycles. The van der Waals surface area contributed by atoms with Gasteiger partial charge in [0.05, 0.1) is 27.4 Å². The van der Waals surface area contributed by atoms with Crippen molar-refractivity contribution in [3.05, 3.63) is 35.2 Å². The first kappa shape index (κ1) is 18.6. The van der Waals surface area contributed by atoms with Crippen LogP contribution in [0, 0.1) is 0 Å². The van der Waals surface area contributed by atoms with Crippen LogP contribution in [0.5, 0.6) is 11.5 Å². The minimum atomic E-state index is -0.489. The Morgan fingerprint density at radius 2 is 2.04 bits per heavy atom. The number of aromatic amines is 1. The van der Waals surface area contributed by atoms with Gasteiger partial charge in [-0.3, -0.25) is 5.10 Å². The van der Waals surface area contributed by atoms with Gasteiger partial charge < -0.3 is 24.4 Å². The average molecular weight is 374 g/mol. The average Bonchev–Trinajstić information content (AvgIpc) is 3.11. The van der Waals surface area contributed by atoms with Crippen LogP contribution in [0.4, 0.5) is 10.5 Å². The van der Waals surface area contributed by atoms with Gasteiger partial charge in [0.2, 0.25) is 0 Å². The number of hydrogen-bond acceptors (Lipinski definition) is 6. The summed E-state index contributed by atoms with van der Waals surface area (Å²) in [6, 6.07) is 4.87. The molecule has 0 atom stereocenters. The Bertz CT molecular complexity index is 848. The molecule has 9 heteroatoms. The highest BCUT2D eigenvalue weighted by Gasteiger charge is 2.28. The summed E-state index contributed by atoms with van der Waals surface area (Å²) in [7, 11) is 3.08. The maximum atomic E-state index is 12.7. The van der Waals surface area contributed by atoms with Crippen LogP contribution in [0.15, 0.2) is 18.2 Å². The van der Waals surface area contributed by atoms with Crippen molar-refractivity contribution in [2.75, 3.05) is 32.7 Å². The highest BCUT2D eigenvalue weighted by Crippen LogP contribution is 2.30. The number of amides is 2. The van der Waals surface area contributed by atoms with Crippen LogP contribution >= 0.6 is 0 Å². The number of fused-ring (bicyclic) bond motifs is 1. The van der Waals surface area contributed by atoms with Gasteiger partial charge in [-0.05, 0) is 19.1 Å². The van der Waals surface area contributed by atoms with Crippen molar-refractivity contribution in [1.29, 1.82) is 0 Å². The molecule has 2 amide bonds. The largest absolute Gasteiger partial charge is 0.493 e. The summed E-state index contributed by atoms with van der Waals surface area (Å²) in [4.78, 5) is 26.3. The lowest BCUT2D eigenvalue weighted by atomic mass is 10.1. The van der Waals surface area contributed by atoms with Gasteiger partial charge in [-0.15, -0.1) is 0 Å². The third-order valence-corrected chi connectivity index (χ3v) is 4.32. The first-order valence-corrected chi connectivity index (χ1v) is 8.58. The third-order valence-electron chi connectivity index (χ3n) is 4.32. The summed E-state index contributed by atoms with van der Waals surface area (Å²) in [5.74, 6) is 0.614. The Morgan fingerprint density at radius 3 is 2.74 bits per heavy atom. The van der Waals surface area contributed by atoms with Gasteiger partial charge >= 0.3 is 12.0 Å². The predicted octanol–water partition coefficient (Wildman–Crippen LogP) is 2.19. The van der Waals surface area contributed by atoms with Crippen molar-refractivity contribution >= 4 is 17.7 Å². The maximum absolute atomic E-state index is 12.7. The topological polar surface area (TPSA) is 106 Å². The van der Waals surface area contributed by atoms with Crippen LogP contribution in [0.3, 0.4) is 0 Å². The Hall–Kier alpha value is -3.23. The molecule has 144 valence electrons. The van der Waals surface area contributed by atoms with E-state index in [9.17, 15) is 9.59 Å². The number of carbonyl (C=O) groups is 2. The summed E-state index contributed by atoms with van der Waals surface area (Å²) in [6.45, 7) is 2.79. The number of hydrogen-bond donors (Lipinski definition) is 2. The zero-order chi connectivity index (χ0) is 19.4. The molecule has 0 saturated carbocycles. The third kappa shape index (κ3) is 3.81. The number of H-pyrrole nitrogens is 1. The molecule has 2 N–H and O–H groups in total. The number of nitrogens with zero attached hydrogens (tertiary/aromatic N) is 2. The normalized spacial score (nSPS) is 12.9. The van der Waals surface area contributed by atoms with E-state index in [0.29, 0.717) is 35.7 Å². The molecule has 3 rings (SSSR count). The van der Waals surface area contributed by atoms with E-state index in [4.69, 9.17) is 14.2 Å². The number of methoxy groups -OCH3 is 2. The van der Waals surface area contributed by atoms with Gasteiger partial charge in [-0.2, -0.15) is 5.10 Å². The van der Waals surface area contributed by atoms with E-state index in [0.717, 1.165) is 5.69 Å². The van der Waals surface area contributed by atoms with Gasteiger partial charge in [-0.1, -0.05) is 0 Å². The van der Waals surface area contributed by atoms with Crippen LogP contribution in [-0.4, -0.2) is 54.5 Å². The van der Waals surface area contributed by atoms with Gasteiger partial charge in [-0.25, -0.2) is 9.59 Å². The van der Waals surface area contributed by atoms with Crippen LogP contribution in [0.25, 0.3) is 0 Å². The standard InChI is InChI=1S/C18H22N4O5/c1-4-27-17(23)16-12-10-22(8-7-13(12)20-21-16)18(24)19-11-5-6-14(25-2)15(9-11)26-3/h5-6,9H,4,7-8,10H2,1-3H3,(H,19,24)(H,20,21). The second-order valence-corrected chi connectivity index (χ2v) is 5.92. The Balaban J connectivity index is 1.72. The van der Waals surface area contributed by atoms with Crippen LogP contribution < -0.4 is 14.8 Å². The molecule has 1 aromatic heterocycles. The number of urea groups is 1. The molecular formula is C18H22N4O5. The molecule has 1 aliphatic heterocycles. The molecule has 2 aromatic rings. The van der Waals surface area contributed by atoms with E-state index in [1.807, 2.05) is 0 Å². The molecule has 1 aliphatic rings. The lowest BCUT2D eigenvalue weighted by Gasteiger charge is -2.27. The van der Waals surface area contributed by atoms with Crippen molar-refractivity contribution in [2.45, 2.75) is 19.9 Å². The number of ether oxygens (including phenoxy) is 3. The molecule has 0 spiro atoms. The fourth-order valence-corrected chi connectivity index (χ4v) is 2.95. The molecule has 0 radical (unpaired) electrons. The minimum Gasteiger partial charge on any atom is -0.493 e. The zero-order valence-electron chi connectivity index (χ0n) is 15.5. The Morgan fingerprint density at radius 1 is 1.26 bits per heavy atom. The number of benzene rings is 1. The van der Waals surface area contributed by atoms with Crippen molar-refractivity contribution < 1.29 is 23.8 Å². The molecule has 0 aliphatic carbocycles. The fourth-order valence-electron chi connectivity index (χ4n) is 2.95. The minimum absolute atomic E-state index is 0.232. The van der Waals surface area contributed by atoms with E-state index < -0.39 is 5.97 Å². The van der Waals surface area contributed by atoms with E-state index >= 15 is 0 Å². The number of esters is 1. The maximum Gasteiger partial charge on any atom is 0.359 e. The van der Waals surface area contributed by atoms with E-state index in [1.165, 1.54) is 7.11 Å². The van der Waals surface area contributed by atoms with Crippen LogP contribution in [0.1, 0.15) is 28.7 Å². The summed E-state index contributed by atoms with van der Waals surface area (Å²) in [5.41, 5.74) is 2.37. The van der Waals surface area contributed by atoms with E-state index in [2.05, 4.69) is 15.5 Å². The lowest BCUT2D eigenvalue weighted by Crippen LogP contribution is -2.39. The van der Waals surface area contributed by atoms with Crippen LogP contribution in [-0.2, 0) is 17.7 Å². The van der Waals surface area contributed by atoms with Crippen molar-refractivity contribution in [3.8, 4) is 11.5 Å². The van der Waals surface area contributed by atoms with Crippen molar-refractivity contribution in [3.63, 3.8) is 0 Å². The molecule has 27 heavy (non-hydrogen) atoms. The monoisotopic (exact) mass is 374 g/mol. The summed E-state index contributed by atoms with van der Waals surface area (Å²) in [6.07, 6.45) is 0.584. The van der Waals surface area contributed by atoms with Crippen molar-refractivity contribution in [1.82, 2.24) is 15.1 Å². The predicted molar refractivity (Wildman–Crippen MR) is 97.2 cm³/mol. The Kier molecular flexibility index (Phi) is 5.49. The second kappa shape index (κ2) is 7.98. The zero-order valence-corrected chi connectivity index (χ0v) is 15.5. The van der Waals surface area contributed by atoms with Crippen LogP contribution in [0.2, 0.25) is 0 Å². The van der Waals surface area contributed by atoms with Crippen molar-refractivity contribution in [2.24, 2.45) is 0 Å². The molecule has 0 bridgehead atoms. The number of carbonyl (C=O) groups excluding carboxylic acids is 2. The first-order valence-electron chi connectivity index (χ1n) is 8.58.